The zero-order chi connectivity index (χ0) is 21.3. The second kappa shape index (κ2) is 8.59. The van der Waals surface area contributed by atoms with Crippen molar-refractivity contribution in [2.75, 3.05) is 32.0 Å². The molecule has 2 heterocycles. The first-order chi connectivity index (χ1) is 14.4. The number of ether oxygens (including phenoxy) is 1. The summed E-state index contributed by atoms with van der Waals surface area (Å²) in [5.74, 6) is 0.534. The molecule has 1 aromatic heterocycles. The Bertz CT molecular complexity index is 1160. The molecule has 0 bridgehead atoms. The third-order valence-electron chi connectivity index (χ3n) is 5.31. The summed E-state index contributed by atoms with van der Waals surface area (Å²) in [4.78, 5) is 3.47. The summed E-state index contributed by atoms with van der Waals surface area (Å²) in [6.07, 6.45) is 1.80. The van der Waals surface area contributed by atoms with Gasteiger partial charge in [0.1, 0.15) is 5.75 Å². The van der Waals surface area contributed by atoms with E-state index in [9.17, 15) is 8.42 Å². The molecule has 2 aromatic carbocycles. The molecule has 0 amide bonds. The van der Waals surface area contributed by atoms with Crippen molar-refractivity contribution >= 4 is 38.6 Å². The van der Waals surface area contributed by atoms with Crippen LogP contribution in [-0.4, -0.2) is 40.6 Å². The fourth-order valence-electron chi connectivity index (χ4n) is 3.59. The van der Waals surface area contributed by atoms with E-state index in [0.717, 1.165) is 41.9 Å². The summed E-state index contributed by atoms with van der Waals surface area (Å²) in [5.41, 5.74) is 3.76. The van der Waals surface area contributed by atoms with Gasteiger partial charge in [0, 0.05) is 18.0 Å². The first kappa shape index (κ1) is 21.2. The topological polar surface area (TPSA) is 58.6 Å². The summed E-state index contributed by atoms with van der Waals surface area (Å²) >= 11 is 7.46. The van der Waals surface area contributed by atoms with E-state index < -0.39 is 10.0 Å². The lowest BCUT2D eigenvalue weighted by atomic mass is 10.0. The molecule has 0 aliphatic carbocycles. The third-order valence-corrected chi connectivity index (χ3v) is 7.98. The van der Waals surface area contributed by atoms with Crippen LogP contribution in [0, 0.1) is 0 Å². The maximum Gasteiger partial charge on any atom is 0.262 e. The van der Waals surface area contributed by atoms with Crippen molar-refractivity contribution in [1.82, 2.24) is 4.90 Å². The van der Waals surface area contributed by atoms with Crippen LogP contribution in [0.4, 0.5) is 5.69 Å². The molecule has 8 heteroatoms. The van der Waals surface area contributed by atoms with E-state index in [1.807, 2.05) is 24.3 Å². The number of methoxy groups -OCH3 is 1. The molecule has 158 valence electrons. The normalized spacial score (nSPS) is 14.8. The molecule has 0 saturated heterocycles. The van der Waals surface area contributed by atoms with Crippen molar-refractivity contribution in [3.8, 4) is 16.2 Å². The van der Waals surface area contributed by atoms with Gasteiger partial charge in [0.2, 0.25) is 0 Å². The molecule has 0 saturated carbocycles. The Morgan fingerprint density at radius 3 is 2.30 bits per heavy atom. The van der Waals surface area contributed by atoms with Crippen molar-refractivity contribution in [2.45, 2.75) is 17.7 Å². The minimum absolute atomic E-state index is 0.200. The number of likely N-dealkylation sites (N-methyl/N-ethyl adjacent to an activating group) is 1. The summed E-state index contributed by atoms with van der Waals surface area (Å²) in [5, 5.41) is 0. The number of hydrogen-bond donors (Lipinski definition) is 1. The smallest absolute Gasteiger partial charge is 0.262 e. The third kappa shape index (κ3) is 4.49. The average molecular weight is 463 g/mol. The minimum Gasteiger partial charge on any atom is -0.495 e. The Morgan fingerprint density at radius 2 is 1.70 bits per heavy atom. The first-order valence-corrected chi connectivity index (χ1v) is 12.3. The largest absolute Gasteiger partial charge is 0.495 e. The molecular formula is C22H23ClN2O3S2. The van der Waals surface area contributed by atoms with Gasteiger partial charge in [-0.05, 0) is 73.0 Å². The van der Waals surface area contributed by atoms with E-state index >= 15 is 0 Å². The predicted molar refractivity (Wildman–Crippen MR) is 123 cm³/mol. The SMILES string of the molecule is COc1cc2c(cc1NS(=O)(=O)c1ccc(-c3ccc(Cl)s3)cc1)CCN(C)CC2. The molecule has 0 radical (unpaired) electrons. The summed E-state index contributed by atoms with van der Waals surface area (Å²) in [6, 6.07) is 14.4. The molecule has 5 nitrogen and oxygen atoms in total. The Balaban J connectivity index is 1.61. The fraction of sp³-hybridized carbons (Fsp3) is 0.273. The van der Waals surface area contributed by atoms with Crippen LogP contribution in [-0.2, 0) is 22.9 Å². The minimum atomic E-state index is -3.75. The van der Waals surface area contributed by atoms with Gasteiger partial charge in [-0.15, -0.1) is 11.3 Å². The number of benzene rings is 2. The van der Waals surface area contributed by atoms with E-state index in [1.54, 1.807) is 31.4 Å². The standard InChI is InChI=1S/C22H23ClN2O3S2/c1-25-11-9-16-13-19(20(28-2)14-17(16)10-12-25)24-30(26,27)18-5-3-15(4-6-18)21-7-8-22(23)29-21/h3-8,13-14,24H,9-12H2,1-2H3. The van der Waals surface area contributed by atoms with Crippen molar-refractivity contribution in [2.24, 2.45) is 0 Å². The number of nitrogens with one attached hydrogen (secondary N) is 1. The van der Waals surface area contributed by atoms with E-state index in [4.69, 9.17) is 16.3 Å². The Labute approximate surface area is 186 Å². The van der Waals surface area contributed by atoms with E-state index in [0.29, 0.717) is 15.8 Å². The number of nitrogens with zero attached hydrogens (tertiary/aromatic N) is 1. The number of fused-ring (bicyclic) bond motifs is 1. The number of halogens is 1. The quantitative estimate of drug-likeness (QED) is 0.585. The molecule has 1 aliphatic rings. The van der Waals surface area contributed by atoms with Gasteiger partial charge in [-0.3, -0.25) is 4.72 Å². The molecule has 0 spiro atoms. The molecular weight excluding hydrogens is 440 g/mol. The van der Waals surface area contributed by atoms with Crippen molar-refractivity contribution in [1.29, 1.82) is 0 Å². The van der Waals surface area contributed by atoms with Gasteiger partial charge in [-0.1, -0.05) is 23.7 Å². The fourth-order valence-corrected chi connectivity index (χ4v) is 5.70. The highest BCUT2D eigenvalue weighted by atomic mass is 35.5. The van der Waals surface area contributed by atoms with Crippen LogP contribution in [0.5, 0.6) is 5.75 Å². The summed E-state index contributed by atoms with van der Waals surface area (Å²) < 4.78 is 34.9. The average Bonchev–Trinajstić information content (AvgIpc) is 3.09. The molecule has 0 fully saturated rings. The van der Waals surface area contributed by atoms with Gasteiger partial charge < -0.3 is 9.64 Å². The highest BCUT2D eigenvalue weighted by molar-refractivity contribution is 7.92. The van der Waals surface area contributed by atoms with Crippen LogP contribution in [0.15, 0.2) is 53.4 Å². The molecule has 30 heavy (non-hydrogen) atoms. The van der Waals surface area contributed by atoms with Crippen LogP contribution < -0.4 is 9.46 Å². The van der Waals surface area contributed by atoms with Crippen LogP contribution in [0.25, 0.3) is 10.4 Å². The second-order valence-electron chi connectivity index (χ2n) is 7.36. The molecule has 3 aromatic rings. The second-order valence-corrected chi connectivity index (χ2v) is 10.8. The number of sulfonamides is 1. The van der Waals surface area contributed by atoms with Gasteiger partial charge >= 0.3 is 0 Å². The first-order valence-electron chi connectivity index (χ1n) is 9.62. The van der Waals surface area contributed by atoms with E-state index in [2.05, 4.69) is 16.7 Å². The van der Waals surface area contributed by atoms with Gasteiger partial charge in [-0.2, -0.15) is 0 Å². The maximum atomic E-state index is 13.0. The molecule has 1 aliphatic heterocycles. The lowest BCUT2D eigenvalue weighted by Crippen LogP contribution is -2.20. The van der Waals surface area contributed by atoms with Crippen molar-refractivity contribution in [3.05, 3.63) is 64.0 Å². The van der Waals surface area contributed by atoms with E-state index in [-0.39, 0.29) is 4.90 Å². The lowest BCUT2D eigenvalue weighted by Gasteiger charge is -2.16. The number of thiophene rings is 1. The zero-order valence-electron chi connectivity index (χ0n) is 16.8. The highest BCUT2D eigenvalue weighted by Gasteiger charge is 2.20. The van der Waals surface area contributed by atoms with Crippen LogP contribution in [0.2, 0.25) is 4.34 Å². The van der Waals surface area contributed by atoms with Crippen LogP contribution in [0.3, 0.4) is 0 Å². The maximum absolute atomic E-state index is 13.0. The molecule has 4 rings (SSSR count). The van der Waals surface area contributed by atoms with Gasteiger partial charge in [-0.25, -0.2) is 8.42 Å². The number of anilines is 1. The Hall–Kier alpha value is -2.06. The van der Waals surface area contributed by atoms with Crippen molar-refractivity contribution in [3.63, 3.8) is 0 Å². The summed E-state index contributed by atoms with van der Waals surface area (Å²) in [6.45, 7) is 1.92. The van der Waals surface area contributed by atoms with E-state index in [1.165, 1.54) is 16.9 Å². The van der Waals surface area contributed by atoms with Gasteiger partial charge in [0.05, 0.1) is 22.0 Å². The number of hydrogen-bond acceptors (Lipinski definition) is 5. The van der Waals surface area contributed by atoms with Gasteiger partial charge in [0.15, 0.2) is 0 Å². The summed E-state index contributed by atoms with van der Waals surface area (Å²) in [7, 11) is -0.0926. The van der Waals surface area contributed by atoms with Crippen molar-refractivity contribution < 1.29 is 13.2 Å². The van der Waals surface area contributed by atoms with Crippen LogP contribution in [0.1, 0.15) is 11.1 Å². The Kier molecular flexibility index (Phi) is 6.06. The molecule has 0 unspecified atom stereocenters. The Morgan fingerprint density at radius 1 is 1.03 bits per heavy atom. The highest BCUT2D eigenvalue weighted by Crippen LogP contribution is 2.34. The zero-order valence-corrected chi connectivity index (χ0v) is 19.2. The monoisotopic (exact) mass is 462 g/mol. The molecule has 0 atom stereocenters. The lowest BCUT2D eigenvalue weighted by molar-refractivity contribution is 0.352. The predicted octanol–water partition coefficient (Wildman–Crippen LogP) is 4.91. The van der Waals surface area contributed by atoms with Crippen LogP contribution >= 0.6 is 22.9 Å². The molecule has 1 N–H and O–H groups in total. The number of rotatable bonds is 5. The van der Waals surface area contributed by atoms with Gasteiger partial charge in [0.25, 0.3) is 10.0 Å².